The molecule has 0 fully saturated rings. The lowest BCUT2D eigenvalue weighted by molar-refractivity contribution is -0.141. The SMILES string of the molecule is CC(C)OC(=O)N(C)c1ccc(C=O)c2cc(C(F)(F)F)nn12. The predicted octanol–water partition coefficient (Wildman–Crippen LogP) is 3.15. The number of alkyl halides is 3. The maximum absolute atomic E-state index is 12.9. The molecule has 2 heterocycles. The van der Waals surface area contributed by atoms with E-state index in [1.165, 1.54) is 19.2 Å². The van der Waals surface area contributed by atoms with Gasteiger partial charge in [-0.1, -0.05) is 0 Å². The summed E-state index contributed by atoms with van der Waals surface area (Å²) in [6.45, 7) is 3.29. The van der Waals surface area contributed by atoms with Gasteiger partial charge in [0.15, 0.2) is 12.0 Å². The predicted molar refractivity (Wildman–Crippen MR) is 75.6 cm³/mol. The Bertz CT molecular complexity index is 753. The molecule has 0 unspecified atom stereocenters. The number of pyridine rings is 1. The third-order valence-corrected chi connectivity index (χ3v) is 3.01. The number of aromatic nitrogens is 2. The Morgan fingerprint density at radius 3 is 2.57 bits per heavy atom. The number of ether oxygens (including phenoxy) is 1. The Kier molecular flexibility index (Phi) is 4.31. The molecule has 9 heteroatoms. The van der Waals surface area contributed by atoms with Crippen molar-refractivity contribution in [2.75, 3.05) is 11.9 Å². The van der Waals surface area contributed by atoms with E-state index in [-0.39, 0.29) is 16.9 Å². The standard InChI is InChI=1S/C14H14F3N3O3/c1-8(2)23-13(22)19(3)12-5-4-9(7-21)10-6-11(14(15,16)17)18-20(10)12/h4-8H,1-3H3. The van der Waals surface area contributed by atoms with E-state index in [9.17, 15) is 22.8 Å². The van der Waals surface area contributed by atoms with Crippen LogP contribution in [0.2, 0.25) is 0 Å². The van der Waals surface area contributed by atoms with E-state index in [1.807, 2.05) is 0 Å². The molecule has 23 heavy (non-hydrogen) atoms. The maximum Gasteiger partial charge on any atom is 0.435 e. The number of fused-ring (bicyclic) bond motifs is 1. The highest BCUT2D eigenvalue weighted by atomic mass is 19.4. The van der Waals surface area contributed by atoms with Gasteiger partial charge in [-0.15, -0.1) is 0 Å². The molecule has 1 amide bonds. The zero-order valence-corrected chi connectivity index (χ0v) is 12.6. The van der Waals surface area contributed by atoms with Gasteiger partial charge in [-0.05, 0) is 32.0 Å². The second-order valence-electron chi connectivity index (χ2n) is 5.08. The summed E-state index contributed by atoms with van der Waals surface area (Å²) >= 11 is 0. The molecule has 0 bridgehead atoms. The summed E-state index contributed by atoms with van der Waals surface area (Å²) in [7, 11) is 1.34. The van der Waals surface area contributed by atoms with Gasteiger partial charge >= 0.3 is 12.3 Å². The lowest BCUT2D eigenvalue weighted by atomic mass is 10.2. The van der Waals surface area contributed by atoms with E-state index in [0.717, 1.165) is 15.5 Å². The molecule has 6 nitrogen and oxygen atoms in total. The smallest absolute Gasteiger partial charge is 0.435 e. The first-order valence-electron chi connectivity index (χ1n) is 6.64. The Hall–Kier alpha value is -2.58. The van der Waals surface area contributed by atoms with E-state index < -0.39 is 24.1 Å². The quantitative estimate of drug-likeness (QED) is 0.812. The Morgan fingerprint density at radius 2 is 2.04 bits per heavy atom. The van der Waals surface area contributed by atoms with Crippen LogP contribution in [0.4, 0.5) is 23.8 Å². The largest absolute Gasteiger partial charge is 0.446 e. The molecule has 0 aliphatic heterocycles. The van der Waals surface area contributed by atoms with Crippen molar-refractivity contribution in [2.24, 2.45) is 0 Å². The second-order valence-corrected chi connectivity index (χ2v) is 5.08. The molecule has 0 radical (unpaired) electrons. The number of aldehydes is 1. The summed E-state index contributed by atoms with van der Waals surface area (Å²) in [5.41, 5.74) is -1.17. The van der Waals surface area contributed by atoms with Gasteiger partial charge < -0.3 is 4.74 Å². The van der Waals surface area contributed by atoms with Crippen LogP contribution >= 0.6 is 0 Å². The fourth-order valence-electron chi connectivity index (χ4n) is 1.95. The number of hydrogen-bond acceptors (Lipinski definition) is 4. The van der Waals surface area contributed by atoms with Crippen LogP contribution in [0.5, 0.6) is 0 Å². The van der Waals surface area contributed by atoms with Crippen molar-refractivity contribution in [2.45, 2.75) is 26.1 Å². The van der Waals surface area contributed by atoms with Gasteiger partial charge in [0, 0.05) is 12.6 Å². The van der Waals surface area contributed by atoms with E-state index in [1.54, 1.807) is 13.8 Å². The molecule has 124 valence electrons. The lowest BCUT2D eigenvalue weighted by Gasteiger charge is -2.19. The molecule has 2 rings (SSSR count). The van der Waals surface area contributed by atoms with Gasteiger partial charge in [0.05, 0.1) is 11.6 Å². The first kappa shape index (κ1) is 16.8. The van der Waals surface area contributed by atoms with Crippen molar-refractivity contribution in [3.63, 3.8) is 0 Å². The topological polar surface area (TPSA) is 63.9 Å². The molecule has 2 aromatic rings. The number of anilines is 1. The maximum atomic E-state index is 12.9. The third kappa shape index (κ3) is 3.27. The molecule has 0 N–H and O–H groups in total. The molecular weight excluding hydrogens is 315 g/mol. The van der Waals surface area contributed by atoms with E-state index >= 15 is 0 Å². The van der Waals surface area contributed by atoms with E-state index in [2.05, 4.69) is 5.10 Å². The van der Waals surface area contributed by atoms with E-state index in [0.29, 0.717) is 6.29 Å². The molecule has 0 aliphatic rings. The number of rotatable bonds is 3. The Labute approximate surface area is 129 Å². The zero-order valence-electron chi connectivity index (χ0n) is 12.6. The summed E-state index contributed by atoms with van der Waals surface area (Å²) in [5, 5.41) is 3.46. The minimum absolute atomic E-state index is 0.0300. The summed E-state index contributed by atoms with van der Waals surface area (Å²) in [4.78, 5) is 24.0. The average Bonchev–Trinajstić information content (AvgIpc) is 2.89. The van der Waals surface area contributed by atoms with Crippen LogP contribution in [0, 0.1) is 0 Å². The molecule has 0 atom stereocenters. The van der Waals surface area contributed by atoms with Gasteiger partial charge in [0.1, 0.15) is 5.82 Å². The van der Waals surface area contributed by atoms with Crippen LogP contribution in [0.1, 0.15) is 29.9 Å². The average molecular weight is 329 g/mol. The van der Waals surface area contributed by atoms with E-state index in [4.69, 9.17) is 4.74 Å². The number of nitrogens with zero attached hydrogens (tertiary/aromatic N) is 3. The highest BCUT2D eigenvalue weighted by Crippen LogP contribution is 2.31. The number of carbonyl (C=O) groups excluding carboxylic acids is 2. The van der Waals surface area contributed by atoms with Crippen molar-refractivity contribution in [3.05, 3.63) is 29.5 Å². The van der Waals surface area contributed by atoms with Gasteiger partial charge in [0.2, 0.25) is 0 Å². The lowest BCUT2D eigenvalue weighted by Crippen LogP contribution is -2.31. The monoisotopic (exact) mass is 329 g/mol. The van der Waals surface area contributed by atoms with Crippen molar-refractivity contribution < 1.29 is 27.5 Å². The normalized spacial score (nSPS) is 11.8. The van der Waals surface area contributed by atoms with Crippen LogP contribution in [-0.4, -0.2) is 35.1 Å². The van der Waals surface area contributed by atoms with Crippen molar-refractivity contribution >= 4 is 23.7 Å². The minimum atomic E-state index is -4.67. The van der Waals surface area contributed by atoms with Crippen LogP contribution in [0.15, 0.2) is 18.2 Å². The van der Waals surface area contributed by atoms with Crippen molar-refractivity contribution in [1.82, 2.24) is 9.61 Å². The molecule has 0 saturated heterocycles. The number of hydrogen-bond donors (Lipinski definition) is 0. The number of halogens is 3. The van der Waals surface area contributed by atoms with Crippen LogP contribution in [0.3, 0.4) is 0 Å². The number of carbonyl (C=O) groups is 2. The summed E-state index contributed by atoms with van der Waals surface area (Å²) in [6.07, 6.45) is -5.38. The summed E-state index contributed by atoms with van der Waals surface area (Å²) < 4.78 is 44.5. The molecular formula is C14H14F3N3O3. The number of amides is 1. The van der Waals surface area contributed by atoms with Crippen LogP contribution in [0.25, 0.3) is 5.52 Å². The Balaban J connectivity index is 2.59. The summed E-state index contributed by atoms with van der Waals surface area (Å²) in [6, 6.07) is 3.40. The van der Waals surface area contributed by atoms with Gasteiger partial charge in [-0.25, -0.2) is 9.31 Å². The first-order valence-corrected chi connectivity index (χ1v) is 6.64. The summed E-state index contributed by atoms with van der Waals surface area (Å²) in [5.74, 6) is 0.0479. The van der Waals surface area contributed by atoms with Crippen LogP contribution in [-0.2, 0) is 10.9 Å². The fraction of sp³-hybridized carbons (Fsp3) is 0.357. The highest BCUT2D eigenvalue weighted by Gasteiger charge is 2.35. The van der Waals surface area contributed by atoms with Gasteiger partial charge in [0.25, 0.3) is 0 Å². The Morgan fingerprint density at radius 1 is 1.39 bits per heavy atom. The molecule has 0 aliphatic carbocycles. The highest BCUT2D eigenvalue weighted by molar-refractivity contribution is 5.90. The third-order valence-electron chi connectivity index (χ3n) is 3.01. The molecule has 0 aromatic carbocycles. The van der Waals surface area contributed by atoms with Crippen molar-refractivity contribution in [1.29, 1.82) is 0 Å². The van der Waals surface area contributed by atoms with Gasteiger partial charge in [-0.2, -0.15) is 18.3 Å². The molecule has 0 spiro atoms. The van der Waals surface area contributed by atoms with Crippen molar-refractivity contribution in [3.8, 4) is 0 Å². The molecule has 0 saturated carbocycles. The van der Waals surface area contributed by atoms with Gasteiger partial charge in [-0.3, -0.25) is 9.69 Å². The minimum Gasteiger partial charge on any atom is -0.446 e. The fourth-order valence-corrected chi connectivity index (χ4v) is 1.95. The first-order chi connectivity index (χ1) is 10.6. The molecule has 2 aromatic heterocycles. The van der Waals surface area contributed by atoms with Crippen LogP contribution < -0.4 is 4.90 Å². The zero-order chi connectivity index (χ0) is 17.4. The second kappa shape index (κ2) is 5.90.